The third-order valence-electron chi connectivity index (χ3n) is 0.583. The molecule has 0 saturated heterocycles. The lowest BCUT2D eigenvalue weighted by atomic mass is 10.5. The van der Waals surface area contributed by atoms with Crippen LogP contribution in [0, 0.1) is 0 Å². The van der Waals surface area contributed by atoms with Gasteiger partial charge in [0.25, 0.3) is 0 Å². The maximum absolute atomic E-state index is 10.4. The summed E-state index contributed by atoms with van der Waals surface area (Å²) in [5, 5.41) is -0.157. The SMILES string of the molecule is CCC(=O)OC(C)Br. The van der Waals surface area contributed by atoms with Gasteiger partial charge in [0.05, 0.1) is 0 Å². The van der Waals surface area contributed by atoms with Crippen LogP contribution >= 0.6 is 15.9 Å². The van der Waals surface area contributed by atoms with E-state index in [1.807, 2.05) is 0 Å². The molecule has 0 bridgehead atoms. The lowest BCUT2D eigenvalue weighted by molar-refractivity contribution is -0.143. The summed E-state index contributed by atoms with van der Waals surface area (Å²) in [6.45, 7) is 3.52. The number of hydrogen-bond acceptors (Lipinski definition) is 2. The molecule has 0 heterocycles. The van der Waals surface area contributed by atoms with Crippen LogP contribution in [0.5, 0.6) is 0 Å². The topological polar surface area (TPSA) is 26.3 Å². The Bertz CT molecular complexity index is 80.5. The second-order valence-corrected chi connectivity index (χ2v) is 2.68. The molecular weight excluding hydrogens is 172 g/mol. The molecule has 0 amide bonds. The van der Waals surface area contributed by atoms with Crippen molar-refractivity contribution in [3.8, 4) is 0 Å². The van der Waals surface area contributed by atoms with Crippen molar-refractivity contribution in [3.05, 3.63) is 0 Å². The van der Waals surface area contributed by atoms with Crippen LogP contribution in [-0.4, -0.2) is 11.0 Å². The zero-order valence-corrected chi connectivity index (χ0v) is 6.56. The molecule has 0 aromatic carbocycles. The molecule has 8 heavy (non-hydrogen) atoms. The van der Waals surface area contributed by atoms with Gasteiger partial charge < -0.3 is 4.74 Å². The smallest absolute Gasteiger partial charge is 0.306 e. The first kappa shape index (κ1) is 7.95. The minimum Gasteiger partial charge on any atom is -0.451 e. The number of carbonyl (C=O) groups is 1. The highest BCUT2D eigenvalue weighted by atomic mass is 79.9. The zero-order valence-electron chi connectivity index (χ0n) is 4.98. The molecule has 0 spiro atoms. The van der Waals surface area contributed by atoms with Crippen molar-refractivity contribution in [2.24, 2.45) is 0 Å². The van der Waals surface area contributed by atoms with Crippen molar-refractivity contribution in [1.82, 2.24) is 0 Å². The summed E-state index contributed by atoms with van der Waals surface area (Å²) in [4.78, 5) is 10.4. The van der Waals surface area contributed by atoms with Crippen LogP contribution in [0.1, 0.15) is 20.3 Å². The van der Waals surface area contributed by atoms with Gasteiger partial charge in [0.1, 0.15) is 0 Å². The van der Waals surface area contributed by atoms with Gasteiger partial charge in [-0.25, -0.2) is 0 Å². The number of ether oxygens (including phenoxy) is 1. The third kappa shape index (κ3) is 4.12. The molecule has 3 heteroatoms. The van der Waals surface area contributed by atoms with Gasteiger partial charge in [0.15, 0.2) is 5.01 Å². The fourth-order valence-corrected chi connectivity index (χ4v) is 0.473. The van der Waals surface area contributed by atoms with Crippen molar-refractivity contribution in [2.75, 3.05) is 0 Å². The minimum atomic E-state index is -0.172. The molecule has 0 rings (SSSR count). The number of hydrogen-bond donors (Lipinski definition) is 0. The van der Waals surface area contributed by atoms with E-state index in [-0.39, 0.29) is 11.0 Å². The number of alkyl halides is 1. The molecule has 0 aliphatic rings. The Hall–Kier alpha value is -0.0500. The van der Waals surface area contributed by atoms with E-state index in [0.29, 0.717) is 6.42 Å². The second kappa shape index (κ2) is 3.89. The van der Waals surface area contributed by atoms with Gasteiger partial charge in [-0.3, -0.25) is 4.79 Å². The normalized spacial score (nSPS) is 12.9. The van der Waals surface area contributed by atoms with Gasteiger partial charge in [0.2, 0.25) is 0 Å². The fourth-order valence-electron chi connectivity index (χ4n) is 0.264. The van der Waals surface area contributed by atoms with Crippen LogP contribution in [0.15, 0.2) is 0 Å². The summed E-state index contributed by atoms with van der Waals surface area (Å²) >= 11 is 3.07. The standard InChI is InChI=1S/C5H9BrO2/c1-3-5(7)8-4(2)6/h4H,3H2,1-2H3. The highest BCUT2D eigenvalue weighted by Gasteiger charge is 2.00. The largest absolute Gasteiger partial charge is 0.451 e. The zero-order chi connectivity index (χ0) is 6.57. The number of rotatable bonds is 2. The number of esters is 1. The first-order valence-electron chi connectivity index (χ1n) is 2.50. The first-order chi connectivity index (χ1) is 3.66. The molecule has 0 aliphatic heterocycles. The molecule has 0 aromatic heterocycles. The molecule has 1 unspecified atom stereocenters. The number of carbonyl (C=O) groups excluding carboxylic acids is 1. The molecule has 0 radical (unpaired) electrons. The second-order valence-electron chi connectivity index (χ2n) is 1.39. The van der Waals surface area contributed by atoms with Crippen LogP contribution in [0.3, 0.4) is 0 Å². The van der Waals surface area contributed by atoms with Gasteiger partial charge >= 0.3 is 5.97 Å². The molecule has 48 valence electrons. The van der Waals surface area contributed by atoms with Crippen LogP contribution < -0.4 is 0 Å². The van der Waals surface area contributed by atoms with Crippen molar-refractivity contribution < 1.29 is 9.53 Å². The van der Waals surface area contributed by atoms with E-state index in [1.165, 1.54) is 0 Å². The van der Waals surface area contributed by atoms with Crippen molar-refractivity contribution >= 4 is 21.9 Å². The van der Waals surface area contributed by atoms with E-state index in [0.717, 1.165) is 0 Å². The fraction of sp³-hybridized carbons (Fsp3) is 0.800. The monoisotopic (exact) mass is 180 g/mol. The minimum absolute atomic E-state index is 0.157. The van der Waals surface area contributed by atoms with Crippen LogP contribution in [0.25, 0.3) is 0 Å². The maximum atomic E-state index is 10.4. The lowest BCUT2D eigenvalue weighted by Crippen LogP contribution is -2.06. The van der Waals surface area contributed by atoms with Crippen molar-refractivity contribution in [2.45, 2.75) is 25.3 Å². The Morgan fingerprint density at radius 3 is 2.50 bits per heavy atom. The number of halogens is 1. The Morgan fingerprint density at radius 2 is 2.38 bits per heavy atom. The van der Waals surface area contributed by atoms with Gasteiger partial charge in [-0.1, -0.05) is 6.92 Å². The Kier molecular flexibility index (Phi) is 3.87. The maximum Gasteiger partial charge on any atom is 0.306 e. The average molecular weight is 181 g/mol. The molecule has 0 aromatic rings. The van der Waals surface area contributed by atoms with E-state index in [1.54, 1.807) is 13.8 Å². The van der Waals surface area contributed by atoms with Crippen molar-refractivity contribution in [1.29, 1.82) is 0 Å². The molecule has 0 fully saturated rings. The summed E-state index contributed by atoms with van der Waals surface area (Å²) < 4.78 is 4.68. The quantitative estimate of drug-likeness (QED) is 0.478. The summed E-state index contributed by atoms with van der Waals surface area (Å²) in [6.07, 6.45) is 0.440. The van der Waals surface area contributed by atoms with Crippen molar-refractivity contribution in [3.63, 3.8) is 0 Å². The summed E-state index contributed by atoms with van der Waals surface area (Å²) in [6, 6.07) is 0. The van der Waals surface area contributed by atoms with E-state index in [9.17, 15) is 4.79 Å². The molecule has 0 saturated carbocycles. The summed E-state index contributed by atoms with van der Waals surface area (Å²) in [5.41, 5.74) is 0. The van der Waals surface area contributed by atoms with Crippen LogP contribution in [-0.2, 0) is 9.53 Å². The Labute approximate surface area is 57.3 Å². The lowest BCUT2D eigenvalue weighted by Gasteiger charge is -2.02. The van der Waals surface area contributed by atoms with E-state index >= 15 is 0 Å². The van der Waals surface area contributed by atoms with Gasteiger partial charge in [-0.2, -0.15) is 0 Å². The summed E-state index contributed by atoms with van der Waals surface area (Å²) in [5.74, 6) is -0.172. The molecule has 0 aliphatic carbocycles. The first-order valence-corrected chi connectivity index (χ1v) is 3.42. The van der Waals surface area contributed by atoms with E-state index in [2.05, 4.69) is 20.7 Å². The van der Waals surface area contributed by atoms with E-state index < -0.39 is 0 Å². The molecule has 1 atom stereocenters. The van der Waals surface area contributed by atoms with Crippen LogP contribution in [0.2, 0.25) is 0 Å². The third-order valence-corrected chi connectivity index (χ3v) is 0.769. The predicted octanol–water partition coefficient (Wildman–Crippen LogP) is 1.68. The predicted molar refractivity (Wildman–Crippen MR) is 34.8 cm³/mol. The Balaban J connectivity index is 3.25. The molecule has 2 nitrogen and oxygen atoms in total. The van der Waals surface area contributed by atoms with Crippen LogP contribution in [0.4, 0.5) is 0 Å². The average Bonchev–Trinajstić information content (AvgIpc) is 1.65. The van der Waals surface area contributed by atoms with Gasteiger partial charge in [0, 0.05) is 6.42 Å². The van der Waals surface area contributed by atoms with E-state index in [4.69, 9.17) is 0 Å². The summed E-state index contributed by atoms with van der Waals surface area (Å²) in [7, 11) is 0. The molecule has 0 N–H and O–H groups in total. The van der Waals surface area contributed by atoms with Gasteiger partial charge in [-0.05, 0) is 22.9 Å². The molecular formula is C5H9BrO2. The van der Waals surface area contributed by atoms with Gasteiger partial charge in [-0.15, -0.1) is 0 Å². The highest BCUT2D eigenvalue weighted by Crippen LogP contribution is 2.00. The highest BCUT2D eigenvalue weighted by molar-refractivity contribution is 9.09. The Morgan fingerprint density at radius 1 is 1.88 bits per heavy atom.